The molecule has 1 saturated heterocycles. The van der Waals surface area contributed by atoms with Gasteiger partial charge >= 0.3 is 0 Å². The Bertz CT molecular complexity index is 319. The Kier molecular flexibility index (Phi) is 3.03. The van der Waals surface area contributed by atoms with E-state index in [1.165, 1.54) is 0 Å². The number of rotatable bonds is 1. The second-order valence-corrected chi connectivity index (χ2v) is 4.37. The highest BCUT2D eigenvalue weighted by Crippen LogP contribution is 2.19. The van der Waals surface area contributed by atoms with Crippen molar-refractivity contribution in [1.82, 2.24) is 4.98 Å². The van der Waals surface area contributed by atoms with Gasteiger partial charge in [0, 0.05) is 13.1 Å². The molecule has 0 amide bonds. The molecule has 1 N–H and O–H groups in total. The third kappa shape index (κ3) is 2.25. The molecular weight excluding hydrogens is 244 g/mol. The lowest BCUT2D eigenvalue weighted by atomic mass is 10.1. The molecule has 1 fully saturated rings. The summed E-state index contributed by atoms with van der Waals surface area (Å²) in [4.78, 5) is 6.49. The summed E-state index contributed by atoms with van der Waals surface area (Å²) in [5.74, 6) is 0.943. The standard InChI is InChI=1S/C10H13BrN2O/c11-9-4-1-5-10(12-9)13-6-2-3-8(14)7-13/h1,4-5,8,14H,2-3,6-7H2. The number of hydrogen-bond donors (Lipinski definition) is 1. The number of aromatic nitrogens is 1. The van der Waals surface area contributed by atoms with Crippen LogP contribution in [0.2, 0.25) is 0 Å². The highest BCUT2D eigenvalue weighted by Gasteiger charge is 2.18. The van der Waals surface area contributed by atoms with E-state index in [1.807, 2.05) is 18.2 Å². The summed E-state index contributed by atoms with van der Waals surface area (Å²) in [6.45, 7) is 1.68. The van der Waals surface area contributed by atoms with Crippen LogP contribution in [0.15, 0.2) is 22.8 Å². The second-order valence-electron chi connectivity index (χ2n) is 3.56. The normalized spacial score (nSPS) is 22.4. The number of hydrogen-bond acceptors (Lipinski definition) is 3. The molecule has 0 spiro atoms. The molecule has 0 aromatic carbocycles. The molecule has 2 rings (SSSR count). The smallest absolute Gasteiger partial charge is 0.129 e. The quantitative estimate of drug-likeness (QED) is 0.779. The number of anilines is 1. The van der Waals surface area contributed by atoms with Crippen LogP contribution in [0.25, 0.3) is 0 Å². The summed E-state index contributed by atoms with van der Waals surface area (Å²) < 4.78 is 0.843. The predicted molar refractivity (Wildman–Crippen MR) is 59.4 cm³/mol. The van der Waals surface area contributed by atoms with E-state index in [2.05, 4.69) is 25.8 Å². The average molecular weight is 257 g/mol. The first-order valence-electron chi connectivity index (χ1n) is 4.81. The van der Waals surface area contributed by atoms with Crippen LogP contribution in [0.5, 0.6) is 0 Å². The fourth-order valence-corrected chi connectivity index (χ4v) is 2.07. The molecule has 0 aliphatic carbocycles. The van der Waals surface area contributed by atoms with Gasteiger partial charge in [-0.2, -0.15) is 0 Å². The Balaban J connectivity index is 2.14. The minimum atomic E-state index is -0.204. The van der Waals surface area contributed by atoms with Gasteiger partial charge in [-0.1, -0.05) is 6.07 Å². The number of aliphatic hydroxyl groups excluding tert-OH is 1. The third-order valence-corrected chi connectivity index (χ3v) is 2.86. The Morgan fingerprint density at radius 2 is 2.36 bits per heavy atom. The minimum absolute atomic E-state index is 0.204. The molecule has 1 aliphatic heterocycles. The van der Waals surface area contributed by atoms with Crippen LogP contribution in [0, 0.1) is 0 Å². The number of halogens is 1. The fraction of sp³-hybridized carbons (Fsp3) is 0.500. The van der Waals surface area contributed by atoms with Crippen LogP contribution in [0.4, 0.5) is 5.82 Å². The van der Waals surface area contributed by atoms with E-state index in [0.717, 1.165) is 29.8 Å². The van der Waals surface area contributed by atoms with Crippen LogP contribution in [0.3, 0.4) is 0 Å². The molecule has 0 radical (unpaired) electrons. The lowest BCUT2D eigenvalue weighted by molar-refractivity contribution is 0.154. The molecule has 3 nitrogen and oxygen atoms in total. The summed E-state index contributed by atoms with van der Waals surface area (Å²) in [5, 5.41) is 9.53. The van der Waals surface area contributed by atoms with Gasteiger partial charge in [0.05, 0.1) is 6.10 Å². The van der Waals surface area contributed by atoms with Gasteiger partial charge in [0.25, 0.3) is 0 Å². The summed E-state index contributed by atoms with van der Waals surface area (Å²) in [6, 6.07) is 5.85. The maximum atomic E-state index is 9.53. The molecule has 1 aromatic heterocycles. The van der Waals surface area contributed by atoms with Gasteiger partial charge in [0.1, 0.15) is 10.4 Å². The van der Waals surface area contributed by atoms with E-state index >= 15 is 0 Å². The minimum Gasteiger partial charge on any atom is -0.391 e. The van der Waals surface area contributed by atoms with Crippen molar-refractivity contribution in [3.8, 4) is 0 Å². The average Bonchev–Trinajstić information content (AvgIpc) is 2.18. The molecule has 1 aliphatic rings. The van der Waals surface area contributed by atoms with Crippen LogP contribution in [-0.4, -0.2) is 29.3 Å². The monoisotopic (exact) mass is 256 g/mol. The number of nitrogens with zero attached hydrogens (tertiary/aromatic N) is 2. The van der Waals surface area contributed by atoms with E-state index in [1.54, 1.807) is 0 Å². The molecule has 14 heavy (non-hydrogen) atoms. The SMILES string of the molecule is OC1CCCN(c2cccc(Br)n2)C1. The second kappa shape index (κ2) is 4.28. The van der Waals surface area contributed by atoms with Gasteiger partial charge in [-0.15, -0.1) is 0 Å². The van der Waals surface area contributed by atoms with Crippen molar-refractivity contribution in [2.75, 3.05) is 18.0 Å². The molecule has 0 saturated carbocycles. The highest BCUT2D eigenvalue weighted by atomic mass is 79.9. The molecular formula is C10H13BrN2O. The van der Waals surface area contributed by atoms with Crippen molar-refractivity contribution < 1.29 is 5.11 Å². The molecule has 4 heteroatoms. The first-order chi connectivity index (χ1) is 6.75. The van der Waals surface area contributed by atoms with Gasteiger partial charge in [0.2, 0.25) is 0 Å². The number of β-amino-alcohol motifs (C(OH)–C–C–N with tert-alkyl or cyclic N) is 1. The molecule has 2 heterocycles. The summed E-state index contributed by atoms with van der Waals surface area (Å²) in [5.41, 5.74) is 0. The van der Waals surface area contributed by atoms with Crippen LogP contribution >= 0.6 is 15.9 Å². The van der Waals surface area contributed by atoms with Crippen molar-refractivity contribution in [2.45, 2.75) is 18.9 Å². The van der Waals surface area contributed by atoms with E-state index in [9.17, 15) is 5.11 Å². The lowest BCUT2D eigenvalue weighted by Crippen LogP contribution is -2.38. The zero-order valence-electron chi connectivity index (χ0n) is 7.86. The number of piperidine rings is 1. The van der Waals surface area contributed by atoms with Gasteiger partial charge < -0.3 is 10.0 Å². The third-order valence-electron chi connectivity index (χ3n) is 2.42. The Labute approximate surface area is 91.9 Å². The van der Waals surface area contributed by atoms with Crippen molar-refractivity contribution >= 4 is 21.7 Å². The van der Waals surface area contributed by atoms with Crippen LogP contribution in [-0.2, 0) is 0 Å². The summed E-state index contributed by atoms with van der Waals surface area (Å²) >= 11 is 3.34. The van der Waals surface area contributed by atoms with E-state index in [-0.39, 0.29) is 6.10 Å². The van der Waals surface area contributed by atoms with E-state index < -0.39 is 0 Å². The zero-order valence-corrected chi connectivity index (χ0v) is 9.44. The molecule has 1 aromatic rings. The lowest BCUT2D eigenvalue weighted by Gasteiger charge is -2.30. The Hall–Kier alpha value is -0.610. The van der Waals surface area contributed by atoms with Crippen molar-refractivity contribution in [2.24, 2.45) is 0 Å². The molecule has 1 unspecified atom stereocenters. The fourth-order valence-electron chi connectivity index (χ4n) is 1.74. The molecule has 1 atom stereocenters. The van der Waals surface area contributed by atoms with Crippen LogP contribution in [0.1, 0.15) is 12.8 Å². The largest absolute Gasteiger partial charge is 0.391 e. The van der Waals surface area contributed by atoms with Gasteiger partial charge in [-0.3, -0.25) is 0 Å². The van der Waals surface area contributed by atoms with Crippen molar-refractivity contribution in [1.29, 1.82) is 0 Å². The topological polar surface area (TPSA) is 36.4 Å². The van der Waals surface area contributed by atoms with Crippen molar-refractivity contribution in [3.63, 3.8) is 0 Å². The van der Waals surface area contributed by atoms with Gasteiger partial charge in [0.15, 0.2) is 0 Å². The van der Waals surface area contributed by atoms with Gasteiger partial charge in [-0.25, -0.2) is 4.98 Å². The summed E-state index contributed by atoms with van der Waals surface area (Å²) in [6.07, 6.45) is 1.74. The highest BCUT2D eigenvalue weighted by molar-refractivity contribution is 9.10. The summed E-state index contributed by atoms with van der Waals surface area (Å²) in [7, 11) is 0. The van der Waals surface area contributed by atoms with Crippen LogP contribution < -0.4 is 4.90 Å². The first-order valence-corrected chi connectivity index (χ1v) is 5.60. The Morgan fingerprint density at radius 3 is 3.07 bits per heavy atom. The molecule has 76 valence electrons. The zero-order chi connectivity index (χ0) is 9.97. The van der Waals surface area contributed by atoms with E-state index in [4.69, 9.17) is 0 Å². The molecule has 0 bridgehead atoms. The predicted octanol–water partition coefficient (Wildman–Crippen LogP) is 1.81. The van der Waals surface area contributed by atoms with Gasteiger partial charge in [-0.05, 0) is 40.9 Å². The van der Waals surface area contributed by atoms with E-state index in [0.29, 0.717) is 6.54 Å². The number of aliphatic hydroxyl groups is 1. The first kappa shape index (κ1) is 9.93. The maximum Gasteiger partial charge on any atom is 0.129 e. The Morgan fingerprint density at radius 1 is 1.50 bits per heavy atom. The maximum absolute atomic E-state index is 9.53. The van der Waals surface area contributed by atoms with Crippen molar-refractivity contribution in [3.05, 3.63) is 22.8 Å². The number of pyridine rings is 1.